The topological polar surface area (TPSA) is 77.2 Å². The van der Waals surface area contributed by atoms with E-state index in [-0.39, 0.29) is 5.82 Å². The Balaban J connectivity index is 1.38. The first-order valence-electron chi connectivity index (χ1n) is 10.0. The van der Waals surface area contributed by atoms with E-state index in [1.54, 1.807) is 12.3 Å². The van der Waals surface area contributed by atoms with Crippen molar-refractivity contribution in [2.45, 2.75) is 25.3 Å². The lowest BCUT2D eigenvalue weighted by Gasteiger charge is -2.23. The molecule has 0 saturated carbocycles. The van der Waals surface area contributed by atoms with E-state index in [1.807, 2.05) is 34.9 Å². The number of hydrogen-bond donors (Lipinski definition) is 1. The Morgan fingerprint density at radius 3 is 2.87 bits per heavy atom. The molecule has 5 rings (SSSR count). The molecular weight excluding hydrogens is 383 g/mol. The zero-order chi connectivity index (χ0) is 20.3. The van der Waals surface area contributed by atoms with E-state index in [9.17, 15) is 4.39 Å². The van der Waals surface area contributed by atoms with Crippen LogP contribution < -0.4 is 5.32 Å². The summed E-state index contributed by atoms with van der Waals surface area (Å²) in [6.07, 6.45) is 6.09. The molecule has 1 fully saturated rings. The third kappa shape index (κ3) is 3.99. The molecule has 8 heteroatoms. The Kier molecular flexibility index (Phi) is 5.06. The van der Waals surface area contributed by atoms with Crippen molar-refractivity contribution < 1.29 is 9.13 Å². The molecule has 0 radical (unpaired) electrons. The quantitative estimate of drug-likeness (QED) is 0.549. The Morgan fingerprint density at radius 2 is 2.00 bits per heavy atom. The van der Waals surface area contributed by atoms with Crippen LogP contribution in [0.15, 0.2) is 54.9 Å². The number of anilines is 1. The molecular formula is C22H21FN6O. The number of fused-ring (bicyclic) bond motifs is 1. The van der Waals surface area contributed by atoms with E-state index < -0.39 is 0 Å². The highest BCUT2D eigenvalue weighted by molar-refractivity contribution is 5.64. The Bertz CT molecular complexity index is 1170. The number of aromatic nitrogens is 5. The van der Waals surface area contributed by atoms with Gasteiger partial charge in [0.1, 0.15) is 11.6 Å². The van der Waals surface area contributed by atoms with Gasteiger partial charge in [0.05, 0.1) is 5.69 Å². The van der Waals surface area contributed by atoms with E-state index in [1.165, 1.54) is 12.1 Å². The van der Waals surface area contributed by atoms with Crippen molar-refractivity contribution >= 4 is 11.6 Å². The minimum atomic E-state index is -0.252. The van der Waals surface area contributed by atoms with Gasteiger partial charge < -0.3 is 10.1 Å². The number of nitrogens with zero attached hydrogens (tertiary/aromatic N) is 5. The SMILES string of the molecule is Fc1cccc(Cc2nnc3cc(-c4ccnc(NC5CCOCC5)n4)ccn23)c1. The number of nitrogens with one attached hydrogen (secondary N) is 1. The van der Waals surface area contributed by atoms with Gasteiger partial charge in [0.15, 0.2) is 5.65 Å². The summed E-state index contributed by atoms with van der Waals surface area (Å²) in [6.45, 7) is 1.53. The minimum absolute atomic E-state index is 0.252. The van der Waals surface area contributed by atoms with Gasteiger partial charge in [-0.15, -0.1) is 10.2 Å². The molecule has 7 nitrogen and oxygen atoms in total. The lowest BCUT2D eigenvalue weighted by molar-refractivity contribution is 0.0903. The van der Waals surface area contributed by atoms with Crippen molar-refractivity contribution in [2.24, 2.45) is 0 Å². The Labute approximate surface area is 173 Å². The van der Waals surface area contributed by atoms with Gasteiger partial charge in [0, 0.05) is 43.6 Å². The van der Waals surface area contributed by atoms with Gasteiger partial charge in [-0.25, -0.2) is 14.4 Å². The second kappa shape index (κ2) is 8.16. The summed E-state index contributed by atoms with van der Waals surface area (Å²) in [5.74, 6) is 1.12. The number of ether oxygens (including phenoxy) is 1. The highest BCUT2D eigenvalue weighted by atomic mass is 19.1. The number of halogens is 1. The maximum Gasteiger partial charge on any atom is 0.223 e. The van der Waals surface area contributed by atoms with E-state index in [0.29, 0.717) is 18.4 Å². The van der Waals surface area contributed by atoms with Crippen LogP contribution in [0.2, 0.25) is 0 Å². The number of pyridine rings is 1. The number of rotatable bonds is 5. The van der Waals surface area contributed by atoms with Crippen LogP contribution in [0.25, 0.3) is 16.9 Å². The average Bonchev–Trinajstić information content (AvgIpc) is 3.17. The minimum Gasteiger partial charge on any atom is -0.381 e. The van der Waals surface area contributed by atoms with Gasteiger partial charge in [-0.1, -0.05) is 12.1 Å². The molecule has 1 saturated heterocycles. The van der Waals surface area contributed by atoms with Gasteiger partial charge in [0.25, 0.3) is 0 Å². The van der Waals surface area contributed by atoms with Gasteiger partial charge in [0.2, 0.25) is 5.95 Å². The van der Waals surface area contributed by atoms with Gasteiger partial charge in [-0.05, 0) is 48.7 Å². The van der Waals surface area contributed by atoms with Crippen LogP contribution in [0.4, 0.5) is 10.3 Å². The van der Waals surface area contributed by atoms with E-state index in [4.69, 9.17) is 4.74 Å². The highest BCUT2D eigenvalue weighted by Crippen LogP contribution is 2.21. The largest absolute Gasteiger partial charge is 0.381 e. The first-order valence-corrected chi connectivity index (χ1v) is 10.0. The Morgan fingerprint density at radius 1 is 1.10 bits per heavy atom. The van der Waals surface area contributed by atoms with E-state index >= 15 is 0 Å². The van der Waals surface area contributed by atoms with E-state index in [2.05, 4.69) is 25.5 Å². The molecule has 0 unspecified atom stereocenters. The molecule has 1 aromatic carbocycles. The molecule has 0 amide bonds. The van der Waals surface area contributed by atoms with Crippen molar-refractivity contribution in [3.63, 3.8) is 0 Å². The fourth-order valence-electron chi connectivity index (χ4n) is 3.66. The van der Waals surface area contributed by atoms with Crippen LogP contribution in [0.1, 0.15) is 24.2 Å². The smallest absolute Gasteiger partial charge is 0.223 e. The van der Waals surface area contributed by atoms with Crippen LogP contribution in [0.3, 0.4) is 0 Å². The molecule has 4 heterocycles. The van der Waals surface area contributed by atoms with E-state index in [0.717, 1.165) is 54.3 Å². The summed E-state index contributed by atoms with van der Waals surface area (Å²) in [5.41, 5.74) is 3.32. The van der Waals surface area contributed by atoms with Crippen molar-refractivity contribution in [1.82, 2.24) is 24.6 Å². The predicted molar refractivity (Wildman–Crippen MR) is 111 cm³/mol. The summed E-state index contributed by atoms with van der Waals surface area (Å²) < 4.78 is 20.8. The summed E-state index contributed by atoms with van der Waals surface area (Å²) in [6, 6.07) is 12.7. The van der Waals surface area contributed by atoms with Crippen LogP contribution in [-0.2, 0) is 11.2 Å². The number of benzene rings is 1. The molecule has 152 valence electrons. The van der Waals surface area contributed by atoms with Crippen LogP contribution in [-0.4, -0.2) is 43.8 Å². The highest BCUT2D eigenvalue weighted by Gasteiger charge is 2.15. The second-order valence-corrected chi connectivity index (χ2v) is 7.36. The number of hydrogen-bond acceptors (Lipinski definition) is 6. The molecule has 4 aromatic rings. The first-order chi connectivity index (χ1) is 14.7. The maximum absolute atomic E-state index is 13.5. The van der Waals surface area contributed by atoms with Crippen LogP contribution >= 0.6 is 0 Å². The summed E-state index contributed by atoms with van der Waals surface area (Å²) >= 11 is 0. The molecule has 0 atom stereocenters. The molecule has 1 N–H and O–H groups in total. The van der Waals surface area contributed by atoms with Crippen LogP contribution in [0, 0.1) is 5.82 Å². The third-order valence-corrected chi connectivity index (χ3v) is 5.24. The maximum atomic E-state index is 13.5. The van der Waals surface area contributed by atoms with Crippen LogP contribution in [0.5, 0.6) is 0 Å². The monoisotopic (exact) mass is 404 g/mol. The zero-order valence-corrected chi connectivity index (χ0v) is 16.3. The standard InChI is InChI=1S/C22H21FN6O/c23-17-3-1-2-15(12-17)13-20-27-28-21-14-16(5-9-29(20)21)19-4-8-24-22(26-19)25-18-6-10-30-11-7-18/h1-5,8-9,12,14,18H,6-7,10-11,13H2,(H,24,25,26). The molecule has 1 aliphatic rings. The lowest BCUT2D eigenvalue weighted by Crippen LogP contribution is -2.28. The van der Waals surface area contributed by atoms with Gasteiger partial charge in [-0.3, -0.25) is 4.40 Å². The molecule has 0 spiro atoms. The predicted octanol–water partition coefficient (Wildman–Crippen LogP) is 3.51. The van der Waals surface area contributed by atoms with Gasteiger partial charge >= 0.3 is 0 Å². The second-order valence-electron chi connectivity index (χ2n) is 7.36. The van der Waals surface area contributed by atoms with Crippen molar-refractivity contribution in [3.05, 3.63) is 72.1 Å². The third-order valence-electron chi connectivity index (χ3n) is 5.24. The summed E-state index contributed by atoms with van der Waals surface area (Å²) in [7, 11) is 0. The first kappa shape index (κ1) is 18.6. The fraction of sp³-hybridized carbons (Fsp3) is 0.273. The molecule has 1 aliphatic heterocycles. The van der Waals surface area contributed by atoms with Crippen molar-refractivity contribution in [2.75, 3.05) is 18.5 Å². The van der Waals surface area contributed by atoms with Crippen molar-refractivity contribution in [3.8, 4) is 11.3 Å². The van der Waals surface area contributed by atoms with Crippen molar-refractivity contribution in [1.29, 1.82) is 0 Å². The molecule has 30 heavy (non-hydrogen) atoms. The Hall–Kier alpha value is -3.39. The summed E-state index contributed by atoms with van der Waals surface area (Å²) in [5, 5.41) is 12.0. The normalized spacial score (nSPS) is 14.8. The fourth-order valence-corrected chi connectivity index (χ4v) is 3.66. The lowest BCUT2D eigenvalue weighted by atomic mass is 10.1. The molecule has 3 aromatic heterocycles. The molecule has 0 bridgehead atoms. The van der Waals surface area contributed by atoms with Gasteiger partial charge in [-0.2, -0.15) is 0 Å². The molecule has 0 aliphatic carbocycles. The average molecular weight is 404 g/mol. The zero-order valence-electron chi connectivity index (χ0n) is 16.3. The summed E-state index contributed by atoms with van der Waals surface area (Å²) in [4.78, 5) is 9.02.